The third kappa shape index (κ3) is 1.75. The summed E-state index contributed by atoms with van der Waals surface area (Å²) in [7, 11) is 0. The van der Waals surface area contributed by atoms with E-state index in [0.29, 0.717) is 29.5 Å². The molecule has 2 rings (SSSR count). The zero-order valence-electron chi connectivity index (χ0n) is 6.20. The van der Waals surface area contributed by atoms with Crippen LogP contribution < -0.4 is 0 Å². The Morgan fingerprint density at radius 2 is 2.33 bits per heavy atom. The van der Waals surface area contributed by atoms with Crippen molar-refractivity contribution in [2.75, 3.05) is 19.8 Å². The summed E-state index contributed by atoms with van der Waals surface area (Å²) in [6, 6.07) is 0. The molecule has 66 valence electrons. The lowest BCUT2D eigenvalue weighted by molar-refractivity contribution is -0.101. The molecule has 6 heteroatoms. The van der Waals surface area contributed by atoms with Crippen molar-refractivity contribution in [3.8, 4) is 0 Å². The lowest BCUT2D eigenvalue weighted by Gasteiger charge is -2.19. The maximum atomic E-state index is 5.35. The van der Waals surface area contributed by atoms with E-state index in [0.717, 1.165) is 0 Å². The fourth-order valence-electron chi connectivity index (χ4n) is 0.977. The fourth-order valence-corrected chi connectivity index (χ4v) is 1.31. The summed E-state index contributed by atoms with van der Waals surface area (Å²) in [6.45, 7) is 1.73. The minimum atomic E-state index is -0.185. The molecule has 0 radical (unpaired) electrons. The van der Waals surface area contributed by atoms with Crippen LogP contribution in [0, 0.1) is 3.83 Å². The first-order valence-corrected chi connectivity index (χ1v) is 4.62. The summed E-state index contributed by atoms with van der Waals surface area (Å²) in [5.74, 6) is 0.499. The summed E-state index contributed by atoms with van der Waals surface area (Å²) in [5, 5.41) is 3.66. The third-order valence-electron chi connectivity index (χ3n) is 1.51. The standard InChI is InChI=1S/C6H7IN2O3/c7-6-8-5(12-9-6)4-3-10-1-2-11-4/h4H,1-3H2. The molecule has 0 amide bonds. The van der Waals surface area contributed by atoms with Crippen molar-refractivity contribution >= 4 is 22.6 Å². The molecule has 0 spiro atoms. The fraction of sp³-hybridized carbons (Fsp3) is 0.667. The van der Waals surface area contributed by atoms with Crippen LogP contribution >= 0.6 is 22.6 Å². The number of hydrogen-bond acceptors (Lipinski definition) is 5. The van der Waals surface area contributed by atoms with Crippen molar-refractivity contribution in [1.29, 1.82) is 0 Å². The summed E-state index contributed by atoms with van der Waals surface area (Å²) < 4.78 is 16.1. The average Bonchev–Trinajstić information content (AvgIpc) is 2.54. The summed E-state index contributed by atoms with van der Waals surface area (Å²) in [4.78, 5) is 4.04. The van der Waals surface area contributed by atoms with Crippen LogP contribution in [0.4, 0.5) is 0 Å². The number of rotatable bonds is 1. The van der Waals surface area contributed by atoms with Gasteiger partial charge in [0.1, 0.15) is 0 Å². The van der Waals surface area contributed by atoms with Crippen LogP contribution in [-0.2, 0) is 9.47 Å². The van der Waals surface area contributed by atoms with Crippen LogP contribution in [0.3, 0.4) is 0 Å². The number of nitrogens with zero attached hydrogens (tertiary/aromatic N) is 2. The number of halogens is 1. The summed E-state index contributed by atoms with van der Waals surface area (Å²) >= 11 is 1.98. The Hall–Kier alpha value is -0.210. The number of hydrogen-bond donors (Lipinski definition) is 0. The molecule has 0 aliphatic carbocycles. The van der Waals surface area contributed by atoms with Crippen LogP contribution in [0.2, 0.25) is 0 Å². The molecule has 1 saturated heterocycles. The highest BCUT2D eigenvalue weighted by Gasteiger charge is 2.22. The average molecular weight is 282 g/mol. The van der Waals surface area contributed by atoms with Gasteiger partial charge in [-0.1, -0.05) is 5.16 Å². The van der Waals surface area contributed by atoms with E-state index >= 15 is 0 Å². The molecular formula is C6H7IN2O3. The van der Waals surface area contributed by atoms with Crippen molar-refractivity contribution < 1.29 is 14.0 Å². The Balaban J connectivity index is 2.08. The minimum absolute atomic E-state index is 0.185. The van der Waals surface area contributed by atoms with Crippen LogP contribution in [0.25, 0.3) is 0 Å². The van der Waals surface area contributed by atoms with Gasteiger partial charge < -0.3 is 14.0 Å². The largest absolute Gasteiger partial charge is 0.376 e. The van der Waals surface area contributed by atoms with Gasteiger partial charge >= 0.3 is 0 Å². The zero-order chi connectivity index (χ0) is 8.39. The predicted molar refractivity (Wildman–Crippen MR) is 46.5 cm³/mol. The van der Waals surface area contributed by atoms with Gasteiger partial charge in [-0.25, -0.2) is 0 Å². The van der Waals surface area contributed by atoms with Gasteiger partial charge in [-0.3, -0.25) is 0 Å². The second kappa shape index (κ2) is 3.67. The van der Waals surface area contributed by atoms with Gasteiger partial charge in [-0.05, 0) is 0 Å². The zero-order valence-corrected chi connectivity index (χ0v) is 8.35. The van der Waals surface area contributed by atoms with Crippen molar-refractivity contribution in [3.05, 3.63) is 9.72 Å². The van der Waals surface area contributed by atoms with Gasteiger partial charge in [-0.2, -0.15) is 4.98 Å². The van der Waals surface area contributed by atoms with E-state index in [9.17, 15) is 0 Å². The molecule has 5 nitrogen and oxygen atoms in total. The lowest BCUT2D eigenvalue weighted by atomic mass is 10.3. The second-order valence-corrected chi connectivity index (χ2v) is 3.30. The third-order valence-corrected chi connectivity index (χ3v) is 1.95. The molecule has 1 aliphatic heterocycles. The van der Waals surface area contributed by atoms with E-state index in [2.05, 4.69) is 10.1 Å². The lowest BCUT2D eigenvalue weighted by Crippen LogP contribution is -2.22. The maximum absolute atomic E-state index is 5.35. The first-order valence-electron chi connectivity index (χ1n) is 3.55. The molecule has 2 heterocycles. The van der Waals surface area contributed by atoms with Crippen LogP contribution in [0.15, 0.2) is 4.52 Å². The Morgan fingerprint density at radius 3 is 2.92 bits per heavy atom. The van der Waals surface area contributed by atoms with Gasteiger partial charge in [0.25, 0.3) is 5.89 Å². The van der Waals surface area contributed by atoms with Gasteiger partial charge in [0, 0.05) is 22.6 Å². The maximum Gasteiger partial charge on any atom is 0.258 e. The molecule has 0 saturated carbocycles. The highest BCUT2D eigenvalue weighted by Crippen LogP contribution is 2.18. The van der Waals surface area contributed by atoms with Gasteiger partial charge in [0.15, 0.2) is 6.10 Å². The molecule has 0 N–H and O–H groups in total. The Labute approximate surface area is 82.6 Å². The molecule has 1 unspecified atom stereocenters. The van der Waals surface area contributed by atoms with E-state index in [-0.39, 0.29) is 6.10 Å². The van der Waals surface area contributed by atoms with Crippen molar-refractivity contribution in [2.45, 2.75) is 6.10 Å². The normalized spacial score (nSPS) is 24.2. The van der Waals surface area contributed by atoms with Crippen molar-refractivity contribution in [2.24, 2.45) is 0 Å². The quantitative estimate of drug-likeness (QED) is 0.712. The summed E-state index contributed by atoms with van der Waals surface area (Å²) in [6.07, 6.45) is -0.185. The first-order chi connectivity index (χ1) is 5.86. The first kappa shape index (κ1) is 8.39. The van der Waals surface area contributed by atoms with E-state index < -0.39 is 0 Å². The molecule has 12 heavy (non-hydrogen) atoms. The topological polar surface area (TPSA) is 57.4 Å². The molecule has 1 aromatic heterocycles. The smallest absolute Gasteiger partial charge is 0.258 e. The molecule has 0 bridgehead atoms. The highest BCUT2D eigenvalue weighted by molar-refractivity contribution is 14.1. The SMILES string of the molecule is Ic1noc(C2COCCO2)n1. The van der Waals surface area contributed by atoms with Crippen molar-refractivity contribution in [1.82, 2.24) is 10.1 Å². The number of aromatic nitrogens is 2. The van der Waals surface area contributed by atoms with Crippen LogP contribution in [0.1, 0.15) is 12.0 Å². The summed E-state index contributed by atoms with van der Waals surface area (Å²) in [5.41, 5.74) is 0. The molecule has 1 fully saturated rings. The molecule has 1 aromatic rings. The van der Waals surface area contributed by atoms with Crippen molar-refractivity contribution in [3.63, 3.8) is 0 Å². The van der Waals surface area contributed by atoms with E-state index in [4.69, 9.17) is 14.0 Å². The second-order valence-electron chi connectivity index (χ2n) is 2.34. The van der Waals surface area contributed by atoms with Gasteiger partial charge in [-0.15, -0.1) is 0 Å². The molecule has 1 atom stereocenters. The predicted octanol–water partition coefficient (Wildman–Crippen LogP) is 0.762. The van der Waals surface area contributed by atoms with Gasteiger partial charge in [0.2, 0.25) is 3.83 Å². The Bertz CT molecular complexity index is 259. The minimum Gasteiger partial charge on any atom is -0.376 e. The van der Waals surface area contributed by atoms with E-state index in [1.807, 2.05) is 22.6 Å². The van der Waals surface area contributed by atoms with Crippen LogP contribution in [0.5, 0.6) is 0 Å². The number of ether oxygens (including phenoxy) is 2. The molecule has 0 aromatic carbocycles. The van der Waals surface area contributed by atoms with Crippen LogP contribution in [-0.4, -0.2) is 30.0 Å². The highest BCUT2D eigenvalue weighted by atomic mass is 127. The van der Waals surface area contributed by atoms with Gasteiger partial charge in [0.05, 0.1) is 19.8 Å². The van der Waals surface area contributed by atoms with E-state index in [1.54, 1.807) is 0 Å². The van der Waals surface area contributed by atoms with E-state index in [1.165, 1.54) is 0 Å². The Kier molecular flexibility index (Phi) is 2.57. The molecular weight excluding hydrogens is 275 g/mol. The Morgan fingerprint density at radius 1 is 1.42 bits per heavy atom. The molecule has 1 aliphatic rings. The monoisotopic (exact) mass is 282 g/mol.